The van der Waals surface area contributed by atoms with E-state index in [9.17, 15) is 18.0 Å². The molecule has 0 unspecified atom stereocenters. The molecule has 1 rings (SSSR count). The fourth-order valence-corrected chi connectivity index (χ4v) is 1.60. The van der Waals surface area contributed by atoms with Gasteiger partial charge in [0.25, 0.3) is 0 Å². The second kappa shape index (κ2) is 5.67. The Morgan fingerprint density at radius 3 is 2.37 bits per heavy atom. The zero-order chi connectivity index (χ0) is 14.7. The van der Waals surface area contributed by atoms with E-state index in [1.807, 2.05) is 20.8 Å². The summed E-state index contributed by atoms with van der Waals surface area (Å²) in [6.45, 7) is 4.00. The van der Waals surface area contributed by atoms with Gasteiger partial charge in [0.2, 0.25) is 5.91 Å². The first-order valence-electron chi connectivity index (χ1n) is 5.94. The molecular weight excluding hydrogens is 259 g/mol. The topological polar surface area (TPSA) is 33.5 Å². The summed E-state index contributed by atoms with van der Waals surface area (Å²) in [5.74, 6) is -0.187. The van der Waals surface area contributed by atoms with Crippen molar-refractivity contribution in [1.29, 1.82) is 0 Å². The summed E-state index contributed by atoms with van der Waals surface area (Å²) in [4.78, 5) is 12.7. The minimum absolute atomic E-state index is 0.0593. The SMILES string of the molecule is CC(C)(C)CC(=O)N(Cc1ccco1)CC(F)(F)F. The van der Waals surface area contributed by atoms with Crippen LogP contribution in [0.15, 0.2) is 22.8 Å². The van der Waals surface area contributed by atoms with E-state index in [1.165, 1.54) is 6.26 Å². The number of hydrogen-bond donors (Lipinski definition) is 0. The van der Waals surface area contributed by atoms with Gasteiger partial charge in [-0.15, -0.1) is 0 Å². The van der Waals surface area contributed by atoms with Crippen LogP contribution in [-0.4, -0.2) is 23.5 Å². The molecule has 1 amide bonds. The highest BCUT2D eigenvalue weighted by Gasteiger charge is 2.34. The number of amides is 1. The third-order valence-electron chi connectivity index (χ3n) is 2.33. The van der Waals surface area contributed by atoms with Gasteiger partial charge in [-0.3, -0.25) is 4.79 Å². The fraction of sp³-hybridized carbons (Fsp3) is 0.615. The lowest BCUT2D eigenvalue weighted by molar-refractivity contribution is -0.164. The molecule has 0 fully saturated rings. The molecular formula is C13H18F3NO2. The number of alkyl halides is 3. The number of carbonyl (C=O) groups is 1. The first kappa shape index (κ1) is 15.6. The van der Waals surface area contributed by atoms with Crippen molar-refractivity contribution in [2.24, 2.45) is 5.41 Å². The van der Waals surface area contributed by atoms with Crippen LogP contribution in [0.3, 0.4) is 0 Å². The molecule has 1 heterocycles. The predicted octanol–water partition coefficient (Wildman–Crippen LogP) is 3.61. The molecule has 0 aliphatic rings. The Morgan fingerprint density at radius 1 is 1.32 bits per heavy atom. The van der Waals surface area contributed by atoms with Crippen LogP contribution in [0.5, 0.6) is 0 Å². The van der Waals surface area contributed by atoms with Crippen molar-refractivity contribution in [3.63, 3.8) is 0 Å². The Kier molecular flexibility index (Phi) is 4.66. The summed E-state index contributed by atoms with van der Waals surface area (Å²) in [7, 11) is 0. The van der Waals surface area contributed by atoms with Gasteiger partial charge in [-0.25, -0.2) is 0 Å². The van der Waals surface area contributed by atoms with Crippen molar-refractivity contribution < 1.29 is 22.4 Å². The standard InChI is InChI=1S/C13H18F3NO2/c1-12(2,3)7-11(18)17(9-13(14,15)16)8-10-5-4-6-19-10/h4-6H,7-9H2,1-3H3. The van der Waals surface area contributed by atoms with E-state index in [2.05, 4.69) is 0 Å². The molecule has 1 aromatic rings. The zero-order valence-electron chi connectivity index (χ0n) is 11.3. The largest absolute Gasteiger partial charge is 0.467 e. The summed E-state index contributed by atoms with van der Waals surface area (Å²) >= 11 is 0. The molecule has 1 aromatic heterocycles. The molecule has 0 aromatic carbocycles. The number of hydrogen-bond acceptors (Lipinski definition) is 2. The van der Waals surface area contributed by atoms with Gasteiger partial charge >= 0.3 is 6.18 Å². The molecule has 108 valence electrons. The van der Waals surface area contributed by atoms with Crippen LogP contribution < -0.4 is 0 Å². The molecule has 0 N–H and O–H groups in total. The van der Waals surface area contributed by atoms with Crippen molar-refractivity contribution in [2.45, 2.75) is 39.9 Å². The Morgan fingerprint density at radius 2 is 1.95 bits per heavy atom. The van der Waals surface area contributed by atoms with Gasteiger partial charge in [0.05, 0.1) is 12.8 Å². The quantitative estimate of drug-likeness (QED) is 0.842. The van der Waals surface area contributed by atoms with E-state index in [0.29, 0.717) is 5.76 Å². The molecule has 0 radical (unpaired) electrons. The molecule has 0 atom stereocenters. The number of furan rings is 1. The fourth-order valence-electron chi connectivity index (χ4n) is 1.60. The van der Waals surface area contributed by atoms with Crippen LogP contribution in [0.4, 0.5) is 13.2 Å². The van der Waals surface area contributed by atoms with Gasteiger partial charge < -0.3 is 9.32 Å². The highest BCUT2D eigenvalue weighted by atomic mass is 19.4. The first-order chi connectivity index (χ1) is 8.57. The summed E-state index contributed by atoms with van der Waals surface area (Å²) in [6, 6.07) is 3.13. The molecule has 0 bridgehead atoms. The molecule has 3 nitrogen and oxygen atoms in total. The van der Waals surface area contributed by atoms with Gasteiger partial charge in [-0.2, -0.15) is 13.2 Å². The maximum absolute atomic E-state index is 12.5. The van der Waals surface area contributed by atoms with E-state index >= 15 is 0 Å². The lowest BCUT2D eigenvalue weighted by atomic mass is 9.91. The van der Waals surface area contributed by atoms with Crippen molar-refractivity contribution in [2.75, 3.05) is 6.54 Å². The molecule has 19 heavy (non-hydrogen) atoms. The maximum atomic E-state index is 12.5. The second-order valence-corrected chi connectivity index (χ2v) is 5.68. The number of rotatable bonds is 4. The molecule has 0 aliphatic heterocycles. The normalized spacial score (nSPS) is 12.5. The van der Waals surface area contributed by atoms with E-state index in [0.717, 1.165) is 4.90 Å². The minimum atomic E-state index is -4.42. The Balaban J connectivity index is 2.77. The summed E-state index contributed by atoms with van der Waals surface area (Å²) in [6.07, 6.45) is -2.99. The van der Waals surface area contributed by atoms with Crippen LogP contribution in [0, 0.1) is 5.41 Å². The highest BCUT2D eigenvalue weighted by molar-refractivity contribution is 5.76. The van der Waals surface area contributed by atoms with E-state index in [4.69, 9.17) is 4.42 Å². The molecule has 0 saturated carbocycles. The minimum Gasteiger partial charge on any atom is -0.467 e. The maximum Gasteiger partial charge on any atom is 0.406 e. The summed E-state index contributed by atoms with van der Waals surface area (Å²) in [5.41, 5.74) is -0.357. The van der Waals surface area contributed by atoms with E-state index in [1.54, 1.807) is 12.1 Å². The number of nitrogens with zero attached hydrogens (tertiary/aromatic N) is 1. The number of carbonyl (C=O) groups excluding carboxylic acids is 1. The lowest BCUT2D eigenvalue weighted by Gasteiger charge is -2.26. The molecule has 0 saturated heterocycles. The van der Waals surface area contributed by atoms with Gasteiger partial charge in [0, 0.05) is 6.42 Å². The van der Waals surface area contributed by atoms with E-state index < -0.39 is 18.6 Å². The lowest BCUT2D eigenvalue weighted by Crippen LogP contribution is -2.39. The smallest absolute Gasteiger partial charge is 0.406 e. The summed E-state index contributed by atoms with van der Waals surface area (Å²) < 4.78 is 42.5. The van der Waals surface area contributed by atoms with Crippen molar-refractivity contribution >= 4 is 5.91 Å². The van der Waals surface area contributed by atoms with Crippen LogP contribution >= 0.6 is 0 Å². The first-order valence-corrected chi connectivity index (χ1v) is 5.94. The van der Waals surface area contributed by atoms with Crippen LogP contribution in [0.2, 0.25) is 0 Å². The van der Waals surface area contributed by atoms with Gasteiger partial charge in [-0.05, 0) is 17.5 Å². The van der Waals surface area contributed by atoms with Crippen molar-refractivity contribution in [3.8, 4) is 0 Å². The molecule has 0 aliphatic carbocycles. The molecule has 6 heteroatoms. The van der Waals surface area contributed by atoms with Crippen LogP contribution in [0.1, 0.15) is 33.0 Å². The third kappa shape index (κ3) is 6.31. The zero-order valence-corrected chi connectivity index (χ0v) is 11.3. The monoisotopic (exact) mass is 277 g/mol. The molecule has 0 spiro atoms. The highest BCUT2D eigenvalue weighted by Crippen LogP contribution is 2.24. The van der Waals surface area contributed by atoms with Gasteiger partial charge in [0.1, 0.15) is 12.3 Å². The van der Waals surface area contributed by atoms with E-state index in [-0.39, 0.29) is 18.4 Å². The van der Waals surface area contributed by atoms with Crippen molar-refractivity contribution in [3.05, 3.63) is 24.2 Å². The average molecular weight is 277 g/mol. The van der Waals surface area contributed by atoms with Gasteiger partial charge in [0.15, 0.2) is 0 Å². The Hall–Kier alpha value is -1.46. The average Bonchev–Trinajstić information content (AvgIpc) is 2.64. The van der Waals surface area contributed by atoms with Crippen LogP contribution in [-0.2, 0) is 11.3 Å². The predicted molar refractivity (Wildman–Crippen MR) is 64.3 cm³/mol. The van der Waals surface area contributed by atoms with Crippen LogP contribution in [0.25, 0.3) is 0 Å². The Bertz CT molecular complexity index is 405. The third-order valence-corrected chi connectivity index (χ3v) is 2.33. The van der Waals surface area contributed by atoms with Gasteiger partial charge in [-0.1, -0.05) is 20.8 Å². The van der Waals surface area contributed by atoms with Crippen molar-refractivity contribution in [1.82, 2.24) is 4.90 Å². The second-order valence-electron chi connectivity index (χ2n) is 5.68. The Labute approximate surface area is 110 Å². The summed E-state index contributed by atoms with van der Waals surface area (Å²) in [5, 5.41) is 0. The number of halogens is 3.